The highest BCUT2D eigenvalue weighted by atomic mass is 16.5. The van der Waals surface area contributed by atoms with Gasteiger partial charge in [0, 0.05) is 0 Å². The lowest BCUT2D eigenvalue weighted by Gasteiger charge is -2.20. The molecule has 0 bridgehead atoms. The van der Waals surface area contributed by atoms with Gasteiger partial charge in [-0.3, -0.25) is 4.79 Å². The van der Waals surface area contributed by atoms with Crippen LogP contribution < -0.4 is 19.5 Å². The fraction of sp³-hybridized carbons (Fsp3) is 0.409. The number of methoxy groups -OCH3 is 1. The van der Waals surface area contributed by atoms with Crippen molar-refractivity contribution in [3.05, 3.63) is 54.1 Å². The van der Waals surface area contributed by atoms with Crippen molar-refractivity contribution in [2.45, 2.75) is 39.2 Å². The molecule has 0 radical (unpaired) electrons. The number of amides is 1. The molecule has 0 aliphatic rings. The second kappa shape index (κ2) is 9.31. The predicted molar refractivity (Wildman–Crippen MR) is 107 cm³/mol. The van der Waals surface area contributed by atoms with E-state index in [2.05, 4.69) is 26.1 Å². The molecule has 2 aromatic carbocycles. The third-order valence-corrected chi connectivity index (χ3v) is 4.13. The van der Waals surface area contributed by atoms with E-state index in [9.17, 15) is 4.79 Å². The summed E-state index contributed by atoms with van der Waals surface area (Å²) < 4.78 is 16.6. The quantitative estimate of drug-likeness (QED) is 0.714. The van der Waals surface area contributed by atoms with Crippen LogP contribution in [-0.4, -0.2) is 32.3 Å². The summed E-state index contributed by atoms with van der Waals surface area (Å²) in [5.74, 6) is 1.81. The second-order valence-corrected chi connectivity index (χ2v) is 7.32. The van der Waals surface area contributed by atoms with Crippen LogP contribution in [0.1, 0.15) is 33.3 Å². The Morgan fingerprint density at radius 1 is 1.04 bits per heavy atom. The Morgan fingerprint density at radius 3 is 2.26 bits per heavy atom. The SMILES string of the molecule is COc1ccccc1OCCNC(=O)C(C)Oc1ccc(C(C)(C)C)cc1. The Hall–Kier alpha value is -2.69. The Morgan fingerprint density at radius 2 is 1.67 bits per heavy atom. The van der Waals surface area contributed by atoms with Gasteiger partial charge in [-0.1, -0.05) is 45.0 Å². The van der Waals surface area contributed by atoms with E-state index in [4.69, 9.17) is 14.2 Å². The smallest absolute Gasteiger partial charge is 0.260 e. The molecule has 0 aliphatic carbocycles. The van der Waals surface area contributed by atoms with Crippen molar-refractivity contribution >= 4 is 5.91 Å². The highest BCUT2D eigenvalue weighted by molar-refractivity contribution is 5.80. The highest BCUT2D eigenvalue weighted by Crippen LogP contribution is 2.26. The number of carbonyl (C=O) groups is 1. The summed E-state index contributed by atoms with van der Waals surface area (Å²) >= 11 is 0. The summed E-state index contributed by atoms with van der Waals surface area (Å²) in [7, 11) is 1.59. The van der Waals surface area contributed by atoms with Gasteiger partial charge in [-0.05, 0) is 42.2 Å². The molecule has 0 aliphatic heterocycles. The van der Waals surface area contributed by atoms with Crippen LogP contribution in [-0.2, 0) is 10.2 Å². The van der Waals surface area contributed by atoms with Gasteiger partial charge in [0.2, 0.25) is 0 Å². The van der Waals surface area contributed by atoms with E-state index in [1.807, 2.05) is 48.5 Å². The van der Waals surface area contributed by atoms with E-state index < -0.39 is 6.10 Å². The molecule has 1 unspecified atom stereocenters. The Labute approximate surface area is 161 Å². The molecular formula is C22H29NO4. The number of ether oxygens (including phenoxy) is 3. The molecule has 1 atom stereocenters. The van der Waals surface area contributed by atoms with Gasteiger partial charge in [0.15, 0.2) is 17.6 Å². The lowest BCUT2D eigenvalue weighted by Crippen LogP contribution is -2.38. The minimum absolute atomic E-state index is 0.0863. The summed E-state index contributed by atoms with van der Waals surface area (Å²) in [6, 6.07) is 15.3. The highest BCUT2D eigenvalue weighted by Gasteiger charge is 2.16. The van der Waals surface area contributed by atoms with E-state index in [-0.39, 0.29) is 11.3 Å². The van der Waals surface area contributed by atoms with E-state index in [0.717, 1.165) is 0 Å². The molecule has 5 heteroatoms. The van der Waals surface area contributed by atoms with E-state index >= 15 is 0 Å². The van der Waals surface area contributed by atoms with Crippen molar-refractivity contribution in [1.82, 2.24) is 5.32 Å². The molecule has 5 nitrogen and oxygen atoms in total. The van der Waals surface area contributed by atoms with Crippen LogP contribution >= 0.6 is 0 Å². The van der Waals surface area contributed by atoms with Crippen molar-refractivity contribution in [3.63, 3.8) is 0 Å². The third kappa shape index (κ3) is 6.20. The van der Waals surface area contributed by atoms with E-state index in [1.54, 1.807) is 14.0 Å². The molecule has 0 fully saturated rings. The molecule has 2 aromatic rings. The zero-order valence-electron chi connectivity index (χ0n) is 16.7. The standard InChI is InChI=1S/C22H29NO4/c1-16(27-18-12-10-17(11-13-18)22(2,3)4)21(24)23-14-15-26-20-9-7-6-8-19(20)25-5/h6-13,16H,14-15H2,1-5H3,(H,23,24). The van der Waals surface area contributed by atoms with Crippen LogP contribution in [0.5, 0.6) is 17.2 Å². The van der Waals surface area contributed by atoms with Gasteiger partial charge in [0.05, 0.1) is 13.7 Å². The normalized spacial score (nSPS) is 12.2. The number of hydrogen-bond acceptors (Lipinski definition) is 4. The van der Waals surface area contributed by atoms with Gasteiger partial charge >= 0.3 is 0 Å². The number of rotatable bonds is 8. The zero-order valence-corrected chi connectivity index (χ0v) is 16.7. The molecule has 146 valence electrons. The monoisotopic (exact) mass is 371 g/mol. The number of para-hydroxylation sites is 2. The Balaban J connectivity index is 1.77. The lowest BCUT2D eigenvalue weighted by atomic mass is 9.87. The van der Waals surface area contributed by atoms with Gasteiger partial charge in [0.1, 0.15) is 12.4 Å². The molecule has 2 rings (SSSR count). The molecule has 1 N–H and O–H groups in total. The lowest BCUT2D eigenvalue weighted by molar-refractivity contribution is -0.127. The summed E-state index contributed by atoms with van der Waals surface area (Å²) in [6.45, 7) is 8.94. The first kappa shape index (κ1) is 20.6. The molecule has 0 saturated heterocycles. The fourth-order valence-electron chi connectivity index (χ4n) is 2.51. The molecule has 0 heterocycles. The van der Waals surface area contributed by atoms with Gasteiger partial charge in [0.25, 0.3) is 5.91 Å². The van der Waals surface area contributed by atoms with Crippen molar-refractivity contribution in [3.8, 4) is 17.2 Å². The van der Waals surface area contributed by atoms with Crippen molar-refractivity contribution < 1.29 is 19.0 Å². The maximum Gasteiger partial charge on any atom is 0.260 e. The first-order chi connectivity index (χ1) is 12.8. The molecule has 27 heavy (non-hydrogen) atoms. The molecule has 0 saturated carbocycles. The largest absolute Gasteiger partial charge is 0.493 e. The van der Waals surface area contributed by atoms with Crippen LogP contribution in [0, 0.1) is 0 Å². The number of carbonyl (C=O) groups excluding carboxylic acids is 1. The Bertz CT molecular complexity index is 735. The molecular weight excluding hydrogens is 342 g/mol. The minimum atomic E-state index is -0.586. The molecule has 0 spiro atoms. The van der Waals surface area contributed by atoms with Gasteiger partial charge in [-0.2, -0.15) is 0 Å². The molecule has 1 amide bonds. The van der Waals surface area contributed by atoms with Gasteiger partial charge < -0.3 is 19.5 Å². The van der Waals surface area contributed by atoms with E-state index in [0.29, 0.717) is 30.4 Å². The van der Waals surface area contributed by atoms with E-state index in [1.165, 1.54) is 5.56 Å². The third-order valence-electron chi connectivity index (χ3n) is 4.13. The first-order valence-corrected chi connectivity index (χ1v) is 9.12. The fourth-order valence-corrected chi connectivity index (χ4v) is 2.51. The van der Waals surface area contributed by atoms with Crippen molar-refractivity contribution in [2.75, 3.05) is 20.3 Å². The average molecular weight is 371 g/mol. The van der Waals surface area contributed by atoms with Gasteiger partial charge in [-0.15, -0.1) is 0 Å². The van der Waals surface area contributed by atoms with Crippen LogP contribution in [0.15, 0.2) is 48.5 Å². The average Bonchev–Trinajstić information content (AvgIpc) is 2.65. The van der Waals surface area contributed by atoms with Gasteiger partial charge in [-0.25, -0.2) is 0 Å². The van der Waals surface area contributed by atoms with Crippen molar-refractivity contribution in [2.24, 2.45) is 0 Å². The number of nitrogens with one attached hydrogen (secondary N) is 1. The topological polar surface area (TPSA) is 56.8 Å². The zero-order chi connectivity index (χ0) is 19.9. The predicted octanol–water partition coefficient (Wildman–Crippen LogP) is 3.96. The summed E-state index contributed by atoms with van der Waals surface area (Å²) in [5, 5.41) is 2.82. The summed E-state index contributed by atoms with van der Waals surface area (Å²) in [6.07, 6.45) is -0.586. The van der Waals surface area contributed by atoms with Crippen LogP contribution in [0.4, 0.5) is 0 Å². The number of hydrogen-bond donors (Lipinski definition) is 1. The van der Waals surface area contributed by atoms with Crippen LogP contribution in [0.25, 0.3) is 0 Å². The Kier molecular flexibility index (Phi) is 7.11. The molecule has 0 aromatic heterocycles. The first-order valence-electron chi connectivity index (χ1n) is 9.12. The van der Waals surface area contributed by atoms with Crippen molar-refractivity contribution in [1.29, 1.82) is 0 Å². The summed E-state index contributed by atoms with van der Waals surface area (Å²) in [4.78, 5) is 12.2. The van der Waals surface area contributed by atoms with Crippen LogP contribution in [0.2, 0.25) is 0 Å². The minimum Gasteiger partial charge on any atom is -0.493 e. The maximum atomic E-state index is 12.2. The summed E-state index contributed by atoms with van der Waals surface area (Å²) in [5.41, 5.74) is 1.31. The number of benzene rings is 2. The maximum absolute atomic E-state index is 12.2. The second-order valence-electron chi connectivity index (χ2n) is 7.32. The van der Waals surface area contributed by atoms with Crippen LogP contribution in [0.3, 0.4) is 0 Å².